The number of aromatic amines is 1. The fourth-order valence-corrected chi connectivity index (χ4v) is 3.23. The predicted octanol–water partition coefficient (Wildman–Crippen LogP) is 2.61. The maximum atomic E-state index is 12.6. The fourth-order valence-electron chi connectivity index (χ4n) is 3.23. The Hall–Kier alpha value is -3.09. The topological polar surface area (TPSA) is 100 Å². The summed E-state index contributed by atoms with van der Waals surface area (Å²) in [6.45, 7) is 4.14. The molecule has 0 saturated heterocycles. The van der Waals surface area contributed by atoms with E-state index < -0.39 is 0 Å². The zero-order valence-corrected chi connectivity index (χ0v) is 15.5. The van der Waals surface area contributed by atoms with E-state index in [9.17, 15) is 14.4 Å². The molecule has 2 aromatic rings. The molecule has 0 atom stereocenters. The van der Waals surface area contributed by atoms with Gasteiger partial charge in [-0.1, -0.05) is 0 Å². The molecule has 0 unspecified atom stereocenters. The van der Waals surface area contributed by atoms with Gasteiger partial charge in [-0.15, -0.1) is 0 Å². The Kier molecular flexibility index (Phi) is 5.59. The van der Waals surface area contributed by atoms with Gasteiger partial charge in [0.1, 0.15) is 11.4 Å². The molecule has 1 aliphatic carbocycles. The highest BCUT2D eigenvalue weighted by Crippen LogP contribution is 2.27. The second kappa shape index (κ2) is 8.07. The molecular formula is C20H23N3O4. The number of likely N-dealkylation sites (N-methyl/N-ethyl adjacent to an activating group) is 1. The summed E-state index contributed by atoms with van der Waals surface area (Å²) in [5.74, 6) is 0.162. The Morgan fingerprint density at radius 3 is 2.59 bits per heavy atom. The molecule has 0 spiro atoms. The third-order valence-corrected chi connectivity index (χ3v) is 4.52. The lowest BCUT2D eigenvalue weighted by Gasteiger charge is -2.09. The molecule has 7 nitrogen and oxygen atoms in total. The zero-order chi connectivity index (χ0) is 19.4. The molecule has 0 bridgehead atoms. The number of carbonyl (C=O) groups excluding carboxylic acids is 3. The minimum Gasteiger partial charge on any atom is -0.484 e. The number of ketones is 1. The molecule has 0 fully saturated rings. The third kappa shape index (κ3) is 4.19. The van der Waals surface area contributed by atoms with Gasteiger partial charge in [0, 0.05) is 29.9 Å². The van der Waals surface area contributed by atoms with Crippen molar-refractivity contribution >= 4 is 23.3 Å². The first-order chi connectivity index (χ1) is 13.0. The summed E-state index contributed by atoms with van der Waals surface area (Å²) in [4.78, 5) is 39.2. The summed E-state index contributed by atoms with van der Waals surface area (Å²) in [5, 5.41) is 5.47. The van der Waals surface area contributed by atoms with Crippen LogP contribution in [0.1, 0.15) is 51.9 Å². The number of hydrogen-bond acceptors (Lipinski definition) is 4. The Bertz CT molecular complexity index is 868. The molecule has 1 aliphatic rings. The van der Waals surface area contributed by atoms with Crippen LogP contribution in [-0.4, -0.2) is 35.7 Å². The van der Waals surface area contributed by atoms with Crippen LogP contribution in [0.5, 0.6) is 5.75 Å². The largest absolute Gasteiger partial charge is 0.484 e. The van der Waals surface area contributed by atoms with E-state index in [0.717, 1.165) is 18.5 Å². The Morgan fingerprint density at radius 1 is 1.19 bits per heavy atom. The van der Waals surface area contributed by atoms with E-state index in [1.165, 1.54) is 0 Å². The van der Waals surface area contributed by atoms with Crippen LogP contribution in [0.2, 0.25) is 0 Å². The van der Waals surface area contributed by atoms with Crippen LogP contribution >= 0.6 is 0 Å². The highest BCUT2D eigenvalue weighted by molar-refractivity contribution is 6.08. The molecule has 3 N–H and O–H groups in total. The number of rotatable bonds is 6. The molecule has 142 valence electrons. The lowest BCUT2D eigenvalue weighted by atomic mass is 9.94. The number of aromatic nitrogens is 1. The lowest BCUT2D eigenvalue weighted by Crippen LogP contribution is -2.28. The Labute approximate surface area is 157 Å². The van der Waals surface area contributed by atoms with Crippen molar-refractivity contribution in [3.8, 4) is 5.75 Å². The highest BCUT2D eigenvalue weighted by Gasteiger charge is 2.26. The molecule has 1 heterocycles. The second-order valence-electron chi connectivity index (χ2n) is 6.48. The molecule has 2 amide bonds. The van der Waals surface area contributed by atoms with Crippen molar-refractivity contribution in [1.29, 1.82) is 0 Å². The zero-order valence-electron chi connectivity index (χ0n) is 15.5. The van der Waals surface area contributed by atoms with Crippen molar-refractivity contribution in [1.82, 2.24) is 10.3 Å². The van der Waals surface area contributed by atoms with Crippen molar-refractivity contribution in [3.63, 3.8) is 0 Å². The fraction of sp³-hybridized carbons (Fsp3) is 0.350. The average Bonchev–Trinajstić information content (AvgIpc) is 2.99. The minimum atomic E-state index is -0.286. The standard InChI is InChI=1S/C20H23N3O4/c1-3-21-17(25)11-27-14-9-7-13(8-10-14)22-20(26)19-12(2)18-15(23-19)5-4-6-16(18)24/h7-10,23H,3-6,11H2,1-2H3,(H,21,25)(H,22,26). The molecule has 0 radical (unpaired) electrons. The lowest BCUT2D eigenvalue weighted by molar-refractivity contribution is -0.122. The molecule has 7 heteroatoms. The van der Waals surface area contributed by atoms with Crippen molar-refractivity contribution in [3.05, 3.63) is 46.8 Å². The molecule has 3 rings (SSSR count). The molecule has 1 aromatic heterocycles. The minimum absolute atomic E-state index is 0.0548. The maximum absolute atomic E-state index is 12.6. The molecule has 27 heavy (non-hydrogen) atoms. The summed E-state index contributed by atoms with van der Waals surface area (Å²) in [6.07, 6.45) is 2.13. The van der Waals surface area contributed by atoms with Crippen LogP contribution in [-0.2, 0) is 11.2 Å². The summed E-state index contributed by atoms with van der Waals surface area (Å²) < 4.78 is 5.38. The number of fused-ring (bicyclic) bond motifs is 1. The summed E-state index contributed by atoms with van der Waals surface area (Å²) in [5.41, 5.74) is 3.24. The molecule has 0 saturated carbocycles. The van der Waals surface area contributed by atoms with E-state index in [2.05, 4.69) is 15.6 Å². The van der Waals surface area contributed by atoms with E-state index in [1.54, 1.807) is 31.2 Å². The van der Waals surface area contributed by atoms with Gasteiger partial charge in [-0.25, -0.2) is 0 Å². The smallest absolute Gasteiger partial charge is 0.272 e. The van der Waals surface area contributed by atoms with E-state index in [0.29, 0.717) is 41.2 Å². The van der Waals surface area contributed by atoms with E-state index in [1.807, 2.05) is 6.92 Å². The first-order valence-corrected chi connectivity index (χ1v) is 9.05. The van der Waals surface area contributed by atoms with Crippen molar-refractivity contribution in [2.24, 2.45) is 0 Å². The number of hydrogen-bond donors (Lipinski definition) is 3. The number of Topliss-reactive ketones (excluding diaryl/α,β-unsaturated/α-hetero) is 1. The van der Waals surface area contributed by atoms with Crippen LogP contribution in [0.4, 0.5) is 5.69 Å². The van der Waals surface area contributed by atoms with E-state index >= 15 is 0 Å². The molecule has 1 aromatic carbocycles. The number of carbonyl (C=O) groups is 3. The quantitative estimate of drug-likeness (QED) is 0.729. The Morgan fingerprint density at radius 2 is 1.93 bits per heavy atom. The van der Waals surface area contributed by atoms with Gasteiger partial charge < -0.3 is 20.4 Å². The number of H-pyrrole nitrogens is 1. The van der Waals surface area contributed by atoms with Crippen molar-refractivity contribution in [2.75, 3.05) is 18.5 Å². The SMILES string of the molecule is CCNC(=O)COc1ccc(NC(=O)c2[nH]c3c(c2C)C(=O)CCC3)cc1. The number of nitrogens with one attached hydrogen (secondary N) is 3. The summed E-state index contributed by atoms with van der Waals surface area (Å²) >= 11 is 0. The highest BCUT2D eigenvalue weighted by atomic mass is 16.5. The first kappa shape index (κ1) is 18.7. The van der Waals surface area contributed by atoms with Gasteiger partial charge in [-0.05, 0) is 56.5 Å². The van der Waals surface area contributed by atoms with E-state index in [4.69, 9.17) is 4.74 Å². The number of amides is 2. The number of ether oxygens (including phenoxy) is 1. The summed E-state index contributed by atoms with van der Waals surface area (Å²) in [6, 6.07) is 6.78. The number of anilines is 1. The average molecular weight is 369 g/mol. The first-order valence-electron chi connectivity index (χ1n) is 9.05. The number of aryl methyl sites for hydroxylation is 1. The van der Waals surface area contributed by atoms with Gasteiger partial charge >= 0.3 is 0 Å². The monoisotopic (exact) mass is 369 g/mol. The van der Waals surface area contributed by atoms with Crippen LogP contribution in [0.25, 0.3) is 0 Å². The number of benzene rings is 1. The van der Waals surface area contributed by atoms with Gasteiger partial charge in [0.2, 0.25) is 0 Å². The van der Waals surface area contributed by atoms with Gasteiger partial charge in [-0.2, -0.15) is 0 Å². The summed E-state index contributed by atoms with van der Waals surface area (Å²) in [7, 11) is 0. The van der Waals surface area contributed by atoms with Crippen LogP contribution in [0.15, 0.2) is 24.3 Å². The third-order valence-electron chi connectivity index (χ3n) is 4.52. The second-order valence-corrected chi connectivity index (χ2v) is 6.48. The van der Waals surface area contributed by atoms with Crippen molar-refractivity contribution in [2.45, 2.75) is 33.1 Å². The van der Waals surface area contributed by atoms with Gasteiger partial charge in [0.25, 0.3) is 11.8 Å². The van der Waals surface area contributed by atoms with Gasteiger partial charge in [0.05, 0.1) is 0 Å². The van der Waals surface area contributed by atoms with E-state index in [-0.39, 0.29) is 24.2 Å². The Balaban J connectivity index is 1.65. The predicted molar refractivity (Wildman–Crippen MR) is 101 cm³/mol. The van der Waals surface area contributed by atoms with Crippen LogP contribution in [0.3, 0.4) is 0 Å². The van der Waals surface area contributed by atoms with Crippen LogP contribution in [0, 0.1) is 6.92 Å². The maximum Gasteiger partial charge on any atom is 0.272 e. The van der Waals surface area contributed by atoms with Crippen molar-refractivity contribution < 1.29 is 19.1 Å². The molecule has 0 aliphatic heterocycles. The normalized spacial score (nSPS) is 13.0. The molecular weight excluding hydrogens is 346 g/mol. The van der Waals surface area contributed by atoms with Gasteiger partial charge in [-0.3, -0.25) is 14.4 Å². The van der Waals surface area contributed by atoms with Gasteiger partial charge in [0.15, 0.2) is 12.4 Å². The van der Waals surface area contributed by atoms with Crippen LogP contribution < -0.4 is 15.4 Å².